The third-order valence-corrected chi connectivity index (χ3v) is 3.42. The molecule has 0 saturated carbocycles. The Labute approximate surface area is 125 Å². The van der Waals surface area contributed by atoms with Crippen molar-refractivity contribution >= 4 is 5.78 Å². The number of aromatic nitrogens is 2. The summed E-state index contributed by atoms with van der Waals surface area (Å²) in [7, 11) is 0. The van der Waals surface area contributed by atoms with Gasteiger partial charge >= 0.3 is 12.1 Å². The molecule has 0 amide bonds. The van der Waals surface area contributed by atoms with Gasteiger partial charge in [0.2, 0.25) is 5.82 Å². The first-order valence-electron chi connectivity index (χ1n) is 6.84. The van der Waals surface area contributed by atoms with Gasteiger partial charge in [-0.2, -0.15) is 18.2 Å². The maximum Gasteiger partial charge on any atom is 0.471 e. The Bertz CT molecular complexity index is 648. The second-order valence-electron chi connectivity index (χ2n) is 5.07. The number of Topliss-reactive ketones (excluding diaryl/α,β-unsaturated/α-hetero) is 1. The van der Waals surface area contributed by atoms with Crippen molar-refractivity contribution in [3.05, 3.63) is 35.7 Å². The number of nitrogens with zero attached hydrogens (tertiary/aromatic N) is 2. The normalized spacial score (nSPS) is 13.1. The van der Waals surface area contributed by atoms with Crippen LogP contribution in [0.5, 0.6) is 0 Å². The standard InChI is InChI=1S/C15H15F3N2O2/c1-3-9(2)12(21)8-10-4-6-11(7-5-10)13-19-14(22-20-13)15(16,17)18/h4-7,9H,3,8H2,1-2H3. The van der Waals surface area contributed by atoms with Crippen molar-refractivity contribution < 1.29 is 22.5 Å². The highest BCUT2D eigenvalue weighted by molar-refractivity contribution is 5.83. The molecule has 0 spiro atoms. The van der Waals surface area contributed by atoms with Gasteiger partial charge in [0.05, 0.1) is 0 Å². The van der Waals surface area contributed by atoms with Gasteiger partial charge in [-0.3, -0.25) is 4.79 Å². The Morgan fingerprint density at radius 2 is 1.91 bits per heavy atom. The molecule has 118 valence electrons. The molecular weight excluding hydrogens is 297 g/mol. The first-order valence-corrected chi connectivity index (χ1v) is 6.84. The highest BCUT2D eigenvalue weighted by Gasteiger charge is 2.38. The van der Waals surface area contributed by atoms with E-state index < -0.39 is 12.1 Å². The van der Waals surface area contributed by atoms with Gasteiger partial charge in [-0.1, -0.05) is 43.3 Å². The molecule has 0 aliphatic heterocycles. The highest BCUT2D eigenvalue weighted by atomic mass is 19.4. The lowest BCUT2D eigenvalue weighted by Gasteiger charge is -2.07. The second kappa shape index (κ2) is 6.29. The van der Waals surface area contributed by atoms with Crippen molar-refractivity contribution in [3.63, 3.8) is 0 Å². The van der Waals surface area contributed by atoms with E-state index in [4.69, 9.17) is 0 Å². The van der Waals surface area contributed by atoms with Crippen LogP contribution in [0.3, 0.4) is 0 Å². The number of rotatable bonds is 5. The third-order valence-electron chi connectivity index (χ3n) is 3.42. The van der Waals surface area contributed by atoms with E-state index in [2.05, 4.69) is 14.7 Å². The van der Waals surface area contributed by atoms with Crippen LogP contribution in [0.1, 0.15) is 31.7 Å². The number of ketones is 1. The van der Waals surface area contributed by atoms with E-state index in [-0.39, 0.29) is 17.5 Å². The van der Waals surface area contributed by atoms with Crippen LogP contribution in [0.15, 0.2) is 28.8 Å². The maximum atomic E-state index is 12.4. The Morgan fingerprint density at radius 1 is 1.27 bits per heavy atom. The summed E-state index contributed by atoms with van der Waals surface area (Å²) in [5.74, 6) is -1.38. The molecule has 0 N–H and O–H groups in total. The number of halogens is 3. The summed E-state index contributed by atoms with van der Waals surface area (Å²) < 4.78 is 41.4. The zero-order chi connectivity index (χ0) is 16.3. The van der Waals surface area contributed by atoms with E-state index in [9.17, 15) is 18.0 Å². The molecule has 0 aliphatic carbocycles. The van der Waals surface area contributed by atoms with Crippen molar-refractivity contribution in [2.24, 2.45) is 5.92 Å². The van der Waals surface area contributed by atoms with Crippen molar-refractivity contribution in [1.29, 1.82) is 0 Å². The third kappa shape index (κ3) is 3.72. The molecule has 2 aromatic rings. The summed E-state index contributed by atoms with van der Waals surface area (Å²) in [5, 5.41) is 3.31. The summed E-state index contributed by atoms with van der Waals surface area (Å²) in [6.07, 6.45) is -3.58. The first-order chi connectivity index (χ1) is 10.3. The number of carbonyl (C=O) groups excluding carboxylic acids is 1. The SMILES string of the molecule is CCC(C)C(=O)Cc1ccc(-c2noc(C(F)(F)F)n2)cc1. The molecule has 1 aromatic heterocycles. The number of benzene rings is 1. The summed E-state index contributed by atoms with van der Waals surface area (Å²) >= 11 is 0. The van der Waals surface area contributed by atoms with Crippen LogP contribution < -0.4 is 0 Å². The molecule has 0 aliphatic rings. The molecule has 1 aromatic carbocycles. The van der Waals surface area contributed by atoms with Crippen LogP contribution in [-0.2, 0) is 17.4 Å². The quantitative estimate of drug-likeness (QED) is 0.840. The number of carbonyl (C=O) groups is 1. The van der Waals surface area contributed by atoms with Crippen molar-refractivity contribution in [2.75, 3.05) is 0 Å². The smallest absolute Gasteiger partial charge is 0.329 e. The van der Waals surface area contributed by atoms with Crippen LogP contribution in [0.25, 0.3) is 11.4 Å². The van der Waals surface area contributed by atoms with Crippen LogP contribution in [-0.4, -0.2) is 15.9 Å². The summed E-state index contributed by atoms with van der Waals surface area (Å²) in [5.41, 5.74) is 1.20. The average molecular weight is 312 g/mol. The monoisotopic (exact) mass is 312 g/mol. The number of alkyl halides is 3. The zero-order valence-corrected chi connectivity index (χ0v) is 12.1. The van der Waals surface area contributed by atoms with Crippen LogP contribution in [0.4, 0.5) is 13.2 Å². The Balaban J connectivity index is 2.12. The molecule has 1 unspecified atom stereocenters. The zero-order valence-electron chi connectivity index (χ0n) is 12.1. The number of hydrogen-bond acceptors (Lipinski definition) is 4. The Morgan fingerprint density at radius 3 is 2.41 bits per heavy atom. The first kappa shape index (κ1) is 16.2. The Hall–Kier alpha value is -2.18. The maximum absolute atomic E-state index is 12.4. The largest absolute Gasteiger partial charge is 0.471 e. The molecule has 0 bridgehead atoms. The summed E-state index contributed by atoms with van der Waals surface area (Å²) in [6.45, 7) is 3.81. The van der Waals surface area contributed by atoms with Gasteiger partial charge in [0.1, 0.15) is 5.78 Å². The van der Waals surface area contributed by atoms with Crippen LogP contribution >= 0.6 is 0 Å². The van der Waals surface area contributed by atoms with Gasteiger partial charge in [0, 0.05) is 17.9 Å². The van der Waals surface area contributed by atoms with E-state index in [1.165, 1.54) is 0 Å². The Kier molecular flexibility index (Phi) is 4.63. The lowest BCUT2D eigenvalue weighted by atomic mass is 9.97. The minimum Gasteiger partial charge on any atom is -0.329 e. The van der Waals surface area contributed by atoms with Gasteiger partial charge < -0.3 is 4.52 Å². The van der Waals surface area contributed by atoms with E-state index in [0.717, 1.165) is 12.0 Å². The molecule has 1 heterocycles. The summed E-state index contributed by atoms with van der Waals surface area (Å²) in [4.78, 5) is 15.2. The molecule has 7 heteroatoms. The van der Waals surface area contributed by atoms with Gasteiger partial charge in [-0.25, -0.2) is 0 Å². The van der Waals surface area contributed by atoms with Crippen LogP contribution in [0, 0.1) is 5.92 Å². The van der Waals surface area contributed by atoms with Crippen LogP contribution in [0.2, 0.25) is 0 Å². The topological polar surface area (TPSA) is 56.0 Å². The molecule has 0 radical (unpaired) electrons. The summed E-state index contributed by atoms with van der Waals surface area (Å²) in [6, 6.07) is 6.51. The van der Waals surface area contributed by atoms with Gasteiger partial charge in [-0.05, 0) is 12.0 Å². The molecule has 2 rings (SSSR count). The van der Waals surface area contributed by atoms with E-state index in [1.54, 1.807) is 24.3 Å². The van der Waals surface area contributed by atoms with Crippen molar-refractivity contribution in [1.82, 2.24) is 10.1 Å². The van der Waals surface area contributed by atoms with Crippen molar-refractivity contribution in [2.45, 2.75) is 32.9 Å². The predicted octanol–water partition coefficient (Wildman–Crippen LogP) is 3.91. The fourth-order valence-corrected chi connectivity index (χ4v) is 1.83. The van der Waals surface area contributed by atoms with Gasteiger partial charge in [0.25, 0.3) is 0 Å². The van der Waals surface area contributed by atoms with E-state index in [0.29, 0.717) is 12.0 Å². The molecule has 22 heavy (non-hydrogen) atoms. The minimum atomic E-state index is -4.66. The lowest BCUT2D eigenvalue weighted by Crippen LogP contribution is -2.12. The molecular formula is C15H15F3N2O2. The average Bonchev–Trinajstić information content (AvgIpc) is 2.97. The van der Waals surface area contributed by atoms with Gasteiger partial charge in [-0.15, -0.1) is 0 Å². The fraction of sp³-hybridized carbons (Fsp3) is 0.400. The van der Waals surface area contributed by atoms with E-state index >= 15 is 0 Å². The second-order valence-corrected chi connectivity index (χ2v) is 5.07. The number of hydrogen-bond donors (Lipinski definition) is 0. The molecule has 4 nitrogen and oxygen atoms in total. The van der Waals surface area contributed by atoms with Crippen molar-refractivity contribution in [3.8, 4) is 11.4 Å². The van der Waals surface area contributed by atoms with Gasteiger partial charge in [0.15, 0.2) is 0 Å². The predicted molar refractivity (Wildman–Crippen MR) is 72.9 cm³/mol. The lowest BCUT2D eigenvalue weighted by molar-refractivity contribution is -0.159. The molecule has 1 atom stereocenters. The fourth-order valence-electron chi connectivity index (χ4n) is 1.83. The molecule has 0 saturated heterocycles. The minimum absolute atomic E-state index is 0.00812. The van der Waals surface area contributed by atoms with E-state index in [1.807, 2.05) is 13.8 Å². The highest BCUT2D eigenvalue weighted by Crippen LogP contribution is 2.29. The molecule has 0 fully saturated rings.